The molecule has 2 rings (SSSR count). The number of nitrogens with one attached hydrogen (secondary N) is 1. The van der Waals surface area contributed by atoms with Gasteiger partial charge in [0.2, 0.25) is 11.8 Å². The van der Waals surface area contributed by atoms with Crippen LogP contribution in [0.2, 0.25) is 0 Å². The van der Waals surface area contributed by atoms with E-state index in [1.807, 2.05) is 0 Å². The maximum absolute atomic E-state index is 12.1. The number of carbonyl (C=O) groups is 3. The Morgan fingerprint density at radius 1 is 1.53 bits per heavy atom. The summed E-state index contributed by atoms with van der Waals surface area (Å²) in [6.45, 7) is 1.25. The third-order valence-electron chi connectivity index (χ3n) is 2.67. The molecule has 1 aliphatic heterocycles. The van der Waals surface area contributed by atoms with Crippen molar-refractivity contribution in [2.75, 3.05) is 6.54 Å². The van der Waals surface area contributed by atoms with Crippen molar-refractivity contribution in [2.24, 2.45) is 0 Å². The van der Waals surface area contributed by atoms with Gasteiger partial charge in [-0.1, -0.05) is 11.3 Å². The standard InChI is InChI=1S/C10H9N3O5S/c1-5-9(15)11-7(14)4-12(5)10(16)6-2-3-8(19-6)13(17)18/h2-3,5H,4H2,1H3,(H,11,14,15). The minimum absolute atomic E-state index is 0.126. The molecule has 1 N–H and O–H groups in total. The smallest absolute Gasteiger partial charge is 0.317 e. The van der Waals surface area contributed by atoms with Crippen molar-refractivity contribution in [3.8, 4) is 0 Å². The zero-order chi connectivity index (χ0) is 14.2. The van der Waals surface area contributed by atoms with Crippen molar-refractivity contribution in [3.05, 3.63) is 27.1 Å². The van der Waals surface area contributed by atoms with Gasteiger partial charge in [-0.05, 0) is 13.0 Å². The Bertz CT molecular complexity index is 581. The average Bonchev–Trinajstić information content (AvgIpc) is 2.82. The Kier molecular flexibility index (Phi) is 3.30. The lowest BCUT2D eigenvalue weighted by atomic mass is 10.2. The van der Waals surface area contributed by atoms with Gasteiger partial charge in [0.15, 0.2) is 0 Å². The number of rotatable bonds is 2. The molecule has 1 aromatic heterocycles. The molecule has 1 saturated heterocycles. The minimum Gasteiger partial charge on any atom is -0.317 e. The summed E-state index contributed by atoms with van der Waals surface area (Å²) in [5.41, 5.74) is 0. The molecular weight excluding hydrogens is 274 g/mol. The van der Waals surface area contributed by atoms with E-state index in [0.717, 1.165) is 4.90 Å². The molecule has 0 bridgehead atoms. The van der Waals surface area contributed by atoms with Gasteiger partial charge in [0.05, 0.1) is 9.80 Å². The SMILES string of the molecule is CC1C(=O)NC(=O)CN1C(=O)c1ccc([N+](=O)[O-])s1. The van der Waals surface area contributed by atoms with Crippen LogP contribution in [0.15, 0.2) is 12.1 Å². The van der Waals surface area contributed by atoms with Crippen LogP contribution in [0.3, 0.4) is 0 Å². The van der Waals surface area contributed by atoms with Crippen LogP contribution in [0.4, 0.5) is 5.00 Å². The fourth-order valence-electron chi connectivity index (χ4n) is 1.64. The van der Waals surface area contributed by atoms with E-state index >= 15 is 0 Å². The van der Waals surface area contributed by atoms with E-state index in [2.05, 4.69) is 5.32 Å². The Balaban J connectivity index is 2.24. The normalized spacial score (nSPS) is 19.2. The van der Waals surface area contributed by atoms with Gasteiger partial charge < -0.3 is 4.90 Å². The summed E-state index contributed by atoms with van der Waals surface area (Å²) in [5.74, 6) is -1.69. The van der Waals surface area contributed by atoms with Crippen LogP contribution in [0.25, 0.3) is 0 Å². The Labute approximate surface area is 111 Å². The first kappa shape index (κ1) is 13.1. The predicted octanol–water partition coefficient (Wildman–Crippen LogP) is 0.143. The number of nitrogens with zero attached hydrogens (tertiary/aromatic N) is 2. The van der Waals surface area contributed by atoms with E-state index in [1.54, 1.807) is 0 Å². The summed E-state index contributed by atoms with van der Waals surface area (Å²) in [7, 11) is 0. The van der Waals surface area contributed by atoms with Crippen molar-refractivity contribution < 1.29 is 19.3 Å². The first-order valence-corrected chi connectivity index (χ1v) is 6.10. The van der Waals surface area contributed by atoms with Crippen LogP contribution < -0.4 is 5.32 Å². The average molecular weight is 283 g/mol. The number of carbonyl (C=O) groups excluding carboxylic acids is 3. The minimum atomic E-state index is -0.786. The highest BCUT2D eigenvalue weighted by Crippen LogP contribution is 2.25. The summed E-state index contributed by atoms with van der Waals surface area (Å²) in [4.78, 5) is 46.0. The molecule has 1 unspecified atom stereocenters. The van der Waals surface area contributed by atoms with Gasteiger partial charge in [0, 0.05) is 6.07 Å². The lowest BCUT2D eigenvalue weighted by Gasteiger charge is -2.31. The van der Waals surface area contributed by atoms with Crippen molar-refractivity contribution in [1.82, 2.24) is 10.2 Å². The number of hydrogen-bond donors (Lipinski definition) is 1. The van der Waals surface area contributed by atoms with E-state index in [0.29, 0.717) is 11.3 Å². The first-order chi connectivity index (χ1) is 8.90. The van der Waals surface area contributed by atoms with Gasteiger partial charge in [-0.25, -0.2) is 0 Å². The van der Waals surface area contributed by atoms with E-state index in [1.165, 1.54) is 19.1 Å². The predicted molar refractivity (Wildman–Crippen MR) is 64.6 cm³/mol. The summed E-state index contributed by atoms with van der Waals surface area (Å²) in [6, 6.07) is 1.75. The molecule has 1 atom stereocenters. The zero-order valence-corrected chi connectivity index (χ0v) is 10.6. The van der Waals surface area contributed by atoms with Gasteiger partial charge in [0.25, 0.3) is 5.91 Å². The maximum atomic E-state index is 12.1. The Morgan fingerprint density at radius 2 is 2.21 bits per heavy atom. The van der Waals surface area contributed by atoms with Crippen molar-refractivity contribution >= 4 is 34.1 Å². The van der Waals surface area contributed by atoms with Gasteiger partial charge in [0.1, 0.15) is 12.6 Å². The second-order valence-electron chi connectivity index (χ2n) is 3.92. The first-order valence-electron chi connectivity index (χ1n) is 5.29. The van der Waals surface area contributed by atoms with Crippen molar-refractivity contribution in [3.63, 3.8) is 0 Å². The number of nitro groups is 1. The molecule has 0 radical (unpaired) electrons. The Morgan fingerprint density at radius 3 is 2.79 bits per heavy atom. The van der Waals surface area contributed by atoms with Crippen LogP contribution in [-0.4, -0.2) is 40.1 Å². The third-order valence-corrected chi connectivity index (χ3v) is 3.69. The molecule has 8 nitrogen and oxygen atoms in total. The number of piperazine rings is 1. The highest BCUT2D eigenvalue weighted by Gasteiger charge is 2.34. The molecule has 1 aliphatic rings. The molecule has 19 heavy (non-hydrogen) atoms. The largest absolute Gasteiger partial charge is 0.324 e. The highest BCUT2D eigenvalue weighted by molar-refractivity contribution is 7.17. The number of thiophene rings is 1. The zero-order valence-electron chi connectivity index (χ0n) is 9.78. The summed E-state index contributed by atoms with van der Waals surface area (Å²) >= 11 is 0.714. The molecule has 1 fully saturated rings. The molecule has 2 heterocycles. The molecule has 100 valence electrons. The monoisotopic (exact) mass is 283 g/mol. The lowest BCUT2D eigenvalue weighted by molar-refractivity contribution is -0.380. The fraction of sp³-hybridized carbons (Fsp3) is 0.300. The molecule has 0 saturated carbocycles. The quantitative estimate of drug-likeness (QED) is 0.471. The van der Waals surface area contributed by atoms with Crippen LogP contribution in [-0.2, 0) is 9.59 Å². The highest BCUT2D eigenvalue weighted by atomic mass is 32.1. The Hall–Kier alpha value is -2.29. The van der Waals surface area contributed by atoms with Crippen LogP contribution in [0.1, 0.15) is 16.6 Å². The van der Waals surface area contributed by atoms with Crippen molar-refractivity contribution in [1.29, 1.82) is 0 Å². The molecule has 3 amide bonds. The van der Waals surface area contributed by atoms with E-state index in [-0.39, 0.29) is 16.4 Å². The van der Waals surface area contributed by atoms with Gasteiger partial charge in [-0.2, -0.15) is 0 Å². The second kappa shape index (κ2) is 4.76. The topological polar surface area (TPSA) is 110 Å². The molecule has 0 aliphatic carbocycles. The maximum Gasteiger partial charge on any atom is 0.324 e. The summed E-state index contributed by atoms with van der Waals surface area (Å²) < 4.78 is 0. The number of amides is 3. The van der Waals surface area contributed by atoms with Crippen LogP contribution in [0, 0.1) is 10.1 Å². The number of imide groups is 1. The second-order valence-corrected chi connectivity index (χ2v) is 4.98. The van der Waals surface area contributed by atoms with Gasteiger partial charge >= 0.3 is 5.00 Å². The van der Waals surface area contributed by atoms with Crippen LogP contribution in [0.5, 0.6) is 0 Å². The van der Waals surface area contributed by atoms with Crippen LogP contribution >= 0.6 is 11.3 Å². The van der Waals surface area contributed by atoms with E-state index in [4.69, 9.17) is 0 Å². The van der Waals surface area contributed by atoms with E-state index in [9.17, 15) is 24.5 Å². The molecule has 0 aromatic carbocycles. The molecular formula is C10H9N3O5S. The molecule has 1 aromatic rings. The van der Waals surface area contributed by atoms with Gasteiger partial charge in [-0.3, -0.25) is 29.8 Å². The number of hydrogen-bond acceptors (Lipinski definition) is 6. The molecule has 0 spiro atoms. The summed E-state index contributed by atoms with van der Waals surface area (Å²) in [6.07, 6.45) is 0. The third kappa shape index (κ3) is 2.45. The molecule has 9 heteroatoms. The fourth-order valence-corrected chi connectivity index (χ4v) is 2.42. The van der Waals surface area contributed by atoms with E-state index < -0.39 is 28.7 Å². The van der Waals surface area contributed by atoms with Gasteiger partial charge in [-0.15, -0.1) is 0 Å². The van der Waals surface area contributed by atoms with Crippen molar-refractivity contribution in [2.45, 2.75) is 13.0 Å². The summed E-state index contributed by atoms with van der Waals surface area (Å²) in [5, 5.41) is 12.5. The lowest BCUT2D eigenvalue weighted by Crippen LogP contribution is -2.58.